The molecule has 3 unspecified atom stereocenters. The van der Waals surface area contributed by atoms with Gasteiger partial charge in [0.15, 0.2) is 0 Å². The fourth-order valence-electron chi connectivity index (χ4n) is 3.17. The zero-order chi connectivity index (χ0) is 11.2. The summed E-state index contributed by atoms with van der Waals surface area (Å²) in [5.41, 5.74) is 2.31. The van der Waals surface area contributed by atoms with Crippen LogP contribution in [0, 0.1) is 6.92 Å². The minimum Gasteiger partial charge on any atom is -0.393 e. The molecule has 2 heterocycles. The zero-order valence-electron chi connectivity index (χ0n) is 9.65. The van der Waals surface area contributed by atoms with Crippen molar-refractivity contribution in [2.45, 2.75) is 50.4 Å². The van der Waals surface area contributed by atoms with Gasteiger partial charge in [-0.15, -0.1) is 0 Å². The fraction of sp³-hybridized carbons (Fsp3) is 0.571. The predicted molar refractivity (Wildman–Crippen MR) is 62.2 cm³/mol. The van der Waals surface area contributed by atoms with Gasteiger partial charge in [0.2, 0.25) is 0 Å². The van der Waals surface area contributed by atoms with E-state index < -0.39 is 0 Å². The quantitative estimate of drug-likeness (QED) is 0.785. The predicted octanol–water partition coefficient (Wildman–Crippen LogP) is 2.52. The highest BCUT2D eigenvalue weighted by molar-refractivity contribution is 5.29. The maximum Gasteiger partial charge on any atom is 0.0960 e. The van der Waals surface area contributed by atoms with Crippen molar-refractivity contribution >= 4 is 0 Å². The molecule has 16 heavy (non-hydrogen) atoms. The van der Waals surface area contributed by atoms with Gasteiger partial charge in [0.25, 0.3) is 0 Å². The first-order valence-corrected chi connectivity index (χ1v) is 6.11. The molecular formula is C14H18O2. The number of hydrogen-bond acceptors (Lipinski definition) is 2. The molecular weight excluding hydrogens is 200 g/mol. The van der Waals surface area contributed by atoms with Crippen molar-refractivity contribution in [3.63, 3.8) is 0 Å². The van der Waals surface area contributed by atoms with Gasteiger partial charge in [0.05, 0.1) is 17.8 Å². The average molecular weight is 218 g/mol. The summed E-state index contributed by atoms with van der Waals surface area (Å²) in [7, 11) is 0. The summed E-state index contributed by atoms with van der Waals surface area (Å²) in [6.07, 6.45) is 3.79. The summed E-state index contributed by atoms with van der Waals surface area (Å²) in [6, 6.07) is 8.51. The molecule has 2 nitrogen and oxygen atoms in total. The van der Waals surface area contributed by atoms with Crippen molar-refractivity contribution in [3.05, 3.63) is 35.4 Å². The molecule has 0 aliphatic carbocycles. The third kappa shape index (κ3) is 1.57. The van der Waals surface area contributed by atoms with Crippen LogP contribution >= 0.6 is 0 Å². The Balaban J connectivity index is 1.98. The minimum atomic E-state index is -0.200. The van der Waals surface area contributed by atoms with E-state index in [-0.39, 0.29) is 17.8 Å². The summed E-state index contributed by atoms with van der Waals surface area (Å²) in [5, 5.41) is 9.91. The second kappa shape index (κ2) is 3.57. The number of hydrogen-bond donors (Lipinski definition) is 1. The zero-order valence-corrected chi connectivity index (χ0v) is 9.65. The number of benzene rings is 1. The molecule has 1 aromatic carbocycles. The van der Waals surface area contributed by atoms with E-state index in [0.717, 1.165) is 25.7 Å². The minimum absolute atomic E-state index is 0.193. The summed E-state index contributed by atoms with van der Waals surface area (Å²) in [6.45, 7) is 2.10. The van der Waals surface area contributed by atoms with Crippen LogP contribution in [0.25, 0.3) is 0 Å². The molecule has 2 bridgehead atoms. The number of fused-ring (bicyclic) bond motifs is 2. The van der Waals surface area contributed by atoms with Gasteiger partial charge >= 0.3 is 0 Å². The van der Waals surface area contributed by atoms with Crippen LogP contribution < -0.4 is 0 Å². The lowest BCUT2D eigenvalue weighted by molar-refractivity contribution is -0.123. The SMILES string of the molecule is Cc1cccc(C23CCC(CC(O)C2)O3)c1. The van der Waals surface area contributed by atoms with Crippen LogP contribution in [0.1, 0.15) is 36.8 Å². The van der Waals surface area contributed by atoms with Gasteiger partial charge in [0.1, 0.15) is 0 Å². The topological polar surface area (TPSA) is 29.5 Å². The van der Waals surface area contributed by atoms with E-state index in [1.54, 1.807) is 0 Å². The van der Waals surface area contributed by atoms with Crippen LogP contribution in [0.2, 0.25) is 0 Å². The van der Waals surface area contributed by atoms with Gasteiger partial charge in [-0.2, -0.15) is 0 Å². The van der Waals surface area contributed by atoms with Crippen LogP contribution in [0.4, 0.5) is 0 Å². The molecule has 0 amide bonds. The summed E-state index contributed by atoms with van der Waals surface area (Å²) >= 11 is 0. The Morgan fingerprint density at radius 3 is 3.12 bits per heavy atom. The molecule has 3 rings (SSSR count). The third-order valence-corrected chi connectivity index (χ3v) is 3.91. The first-order valence-electron chi connectivity index (χ1n) is 6.11. The lowest BCUT2D eigenvalue weighted by atomic mass is 9.85. The van der Waals surface area contributed by atoms with E-state index in [1.165, 1.54) is 11.1 Å². The number of aliphatic hydroxyl groups excluding tert-OH is 1. The van der Waals surface area contributed by atoms with E-state index in [2.05, 4.69) is 31.2 Å². The first kappa shape index (κ1) is 10.3. The van der Waals surface area contributed by atoms with Crippen molar-refractivity contribution in [1.29, 1.82) is 0 Å². The van der Waals surface area contributed by atoms with Crippen LogP contribution in [0.15, 0.2) is 24.3 Å². The van der Waals surface area contributed by atoms with Crippen molar-refractivity contribution in [2.24, 2.45) is 0 Å². The Hall–Kier alpha value is -0.860. The van der Waals surface area contributed by atoms with E-state index in [1.807, 2.05) is 0 Å². The molecule has 0 spiro atoms. The fourth-order valence-corrected chi connectivity index (χ4v) is 3.17. The van der Waals surface area contributed by atoms with Crippen molar-refractivity contribution < 1.29 is 9.84 Å². The molecule has 2 saturated heterocycles. The highest BCUT2D eigenvalue weighted by Crippen LogP contribution is 2.48. The lowest BCUT2D eigenvalue weighted by Gasteiger charge is -2.36. The highest BCUT2D eigenvalue weighted by Gasteiger charge is 2.47. The molecule has 2 aliphatic heterocycles. The van der Waals surface area contributed by atoms with E-state index in [0.29, 0.717) is 0 Å². The van der Waals surface area contributed by atoms with Crippen molar-refractivity contribution in [3.8, 4) is 0 Å². The number of aliphatic hydroxyl groups is 1. The number of rotatable bonds is 1. The second-order valence-electron chi connectivity index (χ2n) is 5.24. The van der Waals surface area contributed by atoms with Gasteiger partial charge in [-0.25, -0.2) is 0 Å². The van der Waals surface area contributed by atoms with Gasteiger partial charge < -0.3 is 9.84 Å². The largest absolute Gasteiger partial charge is 0.393 e. The summed E-state index contributed by atoms with van der Waals surface area (Å²) in [4.78, 5) is 0. The normalized spacial score (nSPS) is 37.6. The monoisotopic (exact) mass is 218 g/mol. The number of ether oxygens (including phenoxy) is 1. The van der Waals surface area contributed by atoms with Gasteiger partial charge in [-0.05, 0) is 31.7 Å². The number of aryl methyl sites for hydroxylation is 1. The molecule has 2 fully saturated rings. The van der Waals surface area contributed by atoms with Crippen LogP contribution in [-0.2, 0) is 10.3 Å². The Morgan fingerprint density at radius 2 is 2.31 bits per heavy atom. The highest BCUT2D eigenvalue weighted by atomic mass is 16.5. The molecule has 2 heteroatoms. The van der Waals surface area contributed by atoms with E-state index >= 15 is 0 Å². The van der Waals surface area contributed by atoms with Crippen molar-refractivity contribution in [2.75, 3.05) is 0 Å². The van der Waals surface area contributed by atoms with Gasteiger partial charge in [-0.1, -0.05) is 29.8 Å². The van der Waals surface area contributed by atoms with Crippen LogP contribution in [-0.4, -0.2) is 17.3 Å². The van der Waals surface area contributed by atoms with Gasteiger partial charge in [-0.3, -0.25) is 0 Å². The summed E-state index contributed by atoms with van der Waals surface area (Å²) < 4.78 is 6.14. The molecule has 0 radical (unpaired) electrons. The Labute approximate surface area is 96.2 Å². The summed E-state index contributed by atoms with van der Waals surface area (Å²) in [5.74, 6) is 0. The lowest BCUT2D eigenvalue weighted by Crippen LogP contribution is -2.37. The molecule has 1 N–H and O–H groups in total. The van der Waals surface area contributed by atoms with E-state index in [4.69, 9.17) is 4.74 Å². The first-order chi connectivity index (χ1) is 7.68. The molecule has 2 aliphatic rings. The van der Waals surface area contributed by atoms with E-state index in [9.17, 15) is 5.11 Å². The molecule has 0 saturated carbocycles. The Morgan fingerprint density at radius 1 is 1.44 bits per heavy atom. The maximum absolute atomic E-state index is 9.91. The van der Waals surface area contributed by atoms with Crippen LogP contribution in [0.5, 0.6) is 0 Å². The average Bonchev–Trinajstić information content (AvgIpc) is 2.56. The molecule has 86 valence electrons. The van der Waals surface area contributed by atoms with Gasteiger partial charge in [0, 0.05) is 6.42 Å². The van der Waals surface area contributed by atoms with Crippen molar-refractivity contribution in [1.82, 2.24) is 0 Å². The Kier molecular flexibility index (Phi) is 2.30. The molecule has 1 aromatic rings. The third-order valence-electron chi connectivity index (χ3n) is 3.91. The molecule has 0 aromatic heterocycles. The second-order valence-corrected chi connectivity index (χ2v) is 5.24. The maximum atomic E-state index is 9.91. The smallest absolute Gasteiger partial charge is 0.0960 e. The van der Waals surface area contributed by atoms with Crippen LogP contribution in [0.3, 0.4) is 0 Å². The standard InChI is InChI=1S/C14H18O2/c1-10-3-2-4-11(7-10)14-6-5-13(16-14)8-12(15)9-14/h2-4,7,12-13,15H,5-6,8-9H2,1H3. The molecule has 3 atom stereocenters. The Bertz CT molecular complexity index is 401.